The fourth-order valence-electron chi connectivity index (χ4n) is 1.82. The number of hydrogen-bond acceptors (Lipinski definition) is 3. The van der Waals surface area contributed by atoms with E-state index in [9.17, 15) is 4.79 Å². The van der Waals surface area contributed by atoms with Crippen molar-refractivity contribution in [1.29, 1.82) is 0 Å². The summed E-state index contributed by atoms with van der Waals surface area (Å²) in [5.41, 5.74) is 6.56. The summed E-state index contributed by atoms with van der Waals surface area (Å²) in [5, 5.41) is 0. The zero-order chi connectivity index (χ0) is 15.0. The fraction of sp³-hybridized carbons (Fsp3) is 0.533. The Bertz CT molecular complexity index is 434. The molecule has 0 aliphatic heterocycles. The summed E-state index contributed by atoms with van der Waals surface area (Å²) in [6.45, 7) is 5.37. The van der Waals surface area contributed by atoms with E-state index in [1.165, 1.54) is 0 Å². The molecule has 0 aromatic carbocycles. The van der Waals surface area contributed by atoms with Gasteiger partial charge in [0.05, 0.1) is 4.99 Å². The van der Waals surface area contributed by atoms with Gasteiger partial charge in [0.2, 0.25) is 5.91 Å². The van der Waals surface area contributed by atoms with Gasteiger partial charge < -0.3 is 10.6 Å². The molecule has 1 aromatic rings. The molecule has 0 unspecified atom stereocenters. The van der Waals surface area contributed by atoms with Crippen LogP contribution in [0, 0.1) is 5.92 Å². The molecule has 0 aliphatic carbocycles. The monoisotopic (exact) mass is 293 g/mol. The molecule has 1 rings (SSSR count). The Hall–Kier alpha value is -1.49. The Kier molecular flexibility index (Phi) is 7.15. The first-order valence-corrected chi connectivity index (χ1v) is 7.35. The van der Waals surface area contributed by atoms with E-state index in [2.05, 4.69) is 18.8 Å². The number of thiocarbonyl (C=S) groups is 1. The Morgan fingerprint density at radius 3 is 2.75 bits per heavy atom. The first-order chi connectivity index (χ1) is 9.49. The molecule has 5 heteroatoms. The van der Waals surface area contributed by atoms with Gasteiger partial charge in [0, 0.05) is 38.3 Å². The quantitative estimate of drug-likeness (QED) is 0.748. The molecular formula is C15H23N3OS. The van der Waals surface area contributed by atoms with Crippen molar-refractivity contribution in [2.45, 2.75) is 39.7 Å². The summed E-state index contributed by atoms with van der Waals surface area (Å²) in [6.07, 6.45) is 5.53. The minimum atomic E-state index is 0.152. The van der Waals surface area contributed by atoms with Crippen LogP contribution in [0.1, 0.15) is 38.7 Å². The molecule has 0 radical (unpaired) electrons. The van der Waals surface area contributed by atoms with Crippen molar-refractivity contribution in [3.8, 4) is 0 Å². The van der Waals surface area contributed by atoms with Crippen LogP contribution < -0.4 is 5.73 Å². The molecule has 0 bridgehead atoms. The second-order valence-electron chi connectivity index (χ2n) is 5.33. The molecule has 1 amide bonds. The standard InChI is InChI=1S/C15H23N3OS/c1-12(2)5-6-15(19)18(9-7-14(16)20)11-13-4-3-8-17-10-13/h3-4,8,10,12H,5-7,9,11H2,1-2H3,(H2,16,20). The van der Waals surface area contributed by atoms with Crippen LogP contribution in [0.15, 0.2) is 24.5 Å². The van der Waals surface area contributed by atoms with Gasteiger partial charge in [0.25, 0.3) is 0 Å². The molecule has 0 fully saturated rings. The maximum absolute atomic E-state index is 12.3. The Morgan fingerprint density at radius 2 is 2.20 bits per heavy atom. The fourth-order valence-corrected chi connectivity index (χ4v) is 1.91. The molecule has 1 aromatic heterocycles. The van der Waals surface area contributed by atoms with Gasteiger partial charge in [-0.3, -0.25) is 9.78 Å². The average Bonchev–Trinajstić information content (AvgIpc) is 2.41. The lowest BCUT2D eigenvalue weighted by molar-refractivity contribution is -0.132. The number of nitrogens with two attached hydrogens (primary N) is 1. The minimum Gasteiger partial charge on any atom is -0.393 e. The van der Waals surface area contributed by atoms with Gasteiger partial charge in [-0.2, -0.15) is 0 Å². The van der Waals surface area contributed by atoms with Gasteiger partial charge >= 0.3 is 0 Å². The number of aromatic nitrogens is 1. The Labute approximate surface area is 126 Å². The molecule has 0 saturated carbocycles. The van der Waals surface area contributed by atoms with Crippen LogP contribution in [0.3, 0.4) is 0 Å². The molecule has 110 valence electrons. The zero-order valence-corrected chi connectivity index (χ0v) is 13.0. The van der Waals surface area contributed by atoms with Crippen LogP contribution in [0.25, 0.3) is 0 Å². The molecular weight excluding hydrogens is 270 g/mol. The number of amides is 1. The van der Waals surface area contributed by atoms with Gasteiger partial charge in [-0.05, 0) is 24.0 Å². The molecule has 4 nitrogen and oxygen atoms in total. The molecule has 2 N–H and O–H groups in total. The molecule has 20 heavy (non-hydrogen) atoms. The summed E-state index contributed by atoms with van der Waals surface area (Å²) >= 11 is 4.90. The molecule has 0 aliphatic rings. The summed E-state index contributed by atoms with van der Waals surface area (Å²) in [5.74, 6) is 0.675. The third-order valence-corrected chi connectivity index (χ3v) is 3.22. The van der Waals surface area contributed by atoms with E-state index in [1.807, 2.05) is 17.0 Å². The molecule has 0 saturated heterocycles. The van der Waals surface area contributed by atoms with E-state index in [0.29, 0.717) is 36.8 Å². The number of carbonyl (C=O) groups excluding carboxylic acids is 1. The zero-order valence-electron chi connectivity index (χ0n) is 12.2. The van der Waals surface area contributed by atoms with Crippen molar-refractivity contribution in [1.82, 2.24) is 9.88 Å². The summed E-state index contributed by atoms with van der Waals surface area (Å²) in [7, 11) is 0. The van der Waals surface area contributed by atoms with Crippen LogP contribution in [-0.2, 0) is 11.3 Å². The minimum absolute atomic E-state index is 0.152. The van der Waals surface area contributed by atoms with E-state index >= 15 is 0 Å². The number of nitrogens with zero attached hydrogens (tertiary/aromatic N) is 2. The SMILES string of the molecule is CC(C)CCC(=O)N(CCC(N)=S)Cc1cccnc1. The largest absolute Gasteiger partial charge is 0.393 e. The third kappa shape index (κ3) is 6.61. The van der Waals surface area contributed by atoms with E-state index in [-0.39, 0.29) is 5.91 Å². The summed E-state index contributed by atoms with van der Waals surface area (Å²) < 4.78 is 0. The van der Waals surface area contributed by atoms with Crippen molar-refractivity contribution in [3.63, 3.8) is 0 Å². The van der Waals surface area contributed by atoms with Gasteiger partial charge in [-0.1, -0.05) is 32.1 Å². The summed E-state index contributed by atoms with van der Waals surface area (Å²) in [6, 6.07) is 3.84. The maximum Gasteiger partial charge on any atom is 0.222 e. The van der Waals surface area contributed by atoms with E-state index in [1.54, 1.807) is 12.4 Å². The smallest absolute Gasteiger partial charge is 0.222 e. The van der Waals surface area contributed by atoms with E-state index in [0.717, 1.165) is 12.0 Å². The lowest BCUT2D eigenvalue weighted by Gasteiger charge is -2.23. The van der Waals surface area contributed by atoms with Gasteiger partial charge in [-0.25, -0.2) is 0 Å². The Morgan fingerprint density at radius 1 is 1.45 bits per heavy atom. The lowest BCUT2D eigenvalue weighted by atomic mass is 10.1. The predicted molar refractivity (Wildman–Crippen MR) is 85.1 cm³/mol. The number of hydrogen-bond donors (Lipinski definition) is 1. The van der Waals surface area contributed by atoms with E-state index < -0.39 is 0 Å². The molecule has 0 atom stereocenters. The number of carbonyl (C=O) groups is 1. The van der Waals surface area contributed by atoms with Crippen LogP contribution in [-0.4, -0.2) is 27.3 Å². The van der Waals surface area contributed by atoms with Crippen LogP contribution in [0.5, 0.6) is 0 Å². The molecule has 1 heterocycles. The van der Waals surface area contributed by atoms with Crippen LogP contribution in [0.2, 0.25) is 0 Å². The third-order valence-electron chi connectivity index (χ3n) is 3.01. The Balaban J connectivity index is 2.63. The topological polar surface area (TPSA) is 59.2 Å². The summed E-state index contributed by atoms with van der Waals surface area (Å²) in [4.78, 5) is 18.6. The highest BCUT2D eigenvalue weighted by Gasteiger charge is 2.14. The van der Waals surface area contributed by atoms with Crippen molar-refractivity contribution >= 4 is 23.1 Å². The van der Waals surface area contributed by atoms with Crippen LogP contribution in [0.4, 0.5) is 0 Å². The van der Waals surface area contributed by atoms with E-state index in [4.69, 9.17) is 18.0 Å². The second kappa shape index (κ2) is 8.64. The highest BCUT2D eigenvalue weighted by molar-refractivity contribution is 7.80. The first-order valence-electron chi connectivity index (χ1n) is 6.94. The predicted octanol–water partition coefficient (Wildman–Crippen LogP) is 2.52. The lowest BCUT2D eigenvalue weighted by Crippen LogP contribution is -2.33. The first kappa shape index (κ1) is 16.6. The number of rotatable bonds is 8. The van der Waals surface area contributed by atoms with Gasteiger partial charge in [0.1, 0.15) is 0 Å². The second-order valence-corrected chi connectivity index (χ2v) is 5.85. The van der Waals surface area contributed by atoms with Crippen molar-refractivity contribution in [2.75, 3.05) is 6.54 Å². The average molecular weight is 293 g/mol. The molecule has 0 spiro atoms. The van der Waals surface area contributed by atoms with Gasteiger partial charge in [-0.15, -0.1) is 0 Å². The normalized spacial score (nSPS) is 10.6. The maximum atomic E-state index is 12.3. The van der Waals surface area contributed by atoms with Crippen molar-refractivity contribution < 1.29 is 4.79 Å². The number of pyridine rings is 1. The highest BCUT2D eigenvalue weighted by atomic mass is 32.1. The highest BCUT2D eigenvalue weighted by Crippen LogP contribution is 2.10. The van der Waals surface area contributed by atoms with Crippen LogP contribution >= 0.6 is 12.2 Å². The van der Waals surface area contributed by atoms with Crippen molar-refractivity contribution in [3.05, 3.63) is 30.1 Å². The van der Waals surface area contributed by atoms with Gasteiger partial charge in [0.15, 0.2) is 0 Å². The van der Waals surface area contributed by atoms with Crippen molar-refractivity contribution in [2.24, 2.45) is 11.7 Å².